The molecule has 1 aromatic carbocycles. The van der Waals surface area contributed by atoms with E-state index in [1.807, 2.05) is 24.5 Å². The summed E-state index contributed by atoms with van der Waals surface area (Å²) in [6, 6.07) is 13.0. The summed E-state index contributed by atoms with van der Waals surface area (Å²) in [5.74, 6) is 0. The zero-order valence-electron chi connectivity index (χ0n) is 12.3. The van der Waals surface area contributed by atoms with E-state index in [-0.39, 0.29) is 6.04 Å². The number of anilines is 2. The average molecular weight is 283 g/mol. The van der Waals surface area contributed by atoms with E-state index < -0.39 is 0 Å². The van der Waals surface area contributed by atoms with Gasteiger partial charge in [0.25, 0.3) is 0 Å². The highest BCUT2D eigenvalue weighted by atomic mass is 16.5. The van der Waals surface area contributed by atoms with Crippen LogP contribution in [-0.4, -0.2) is 31.3 Å². The minimum absolute atomic E-state index is 0.266. The molecule has 1 saturated heterocycles. The maximum Gasteiger partial charge on any atom is 0.0642 e. The predicted octanol–water partition coefficient (Wildman–Crippen LogP) is 3.09. The number of hydrogen-bond donors (Lipinski definition) is 1. The lowest BCUT2D eigenvalue weighted by atomic mass is 10.1. The Bertz CT molecular complexity index is 550. The Morgan fingerprint density at radius 1 is 1.05 bits per heavy atom. The molecule has 1 N–H and O–H groups in total. The standard InChI is InChI=1S/C17H21N3O/c1-14(15-6-8-18-9-7-15)19-16-2-4-17(5-3-16)20-10-12-21-13-11-20/h2-9,14,19H,10-13H2,1H3. The Balaban J connectivity index is 1.64. The third-order valence-electron chi connectivity index (χ3n) is 3.83. The van der Waals surface area contributed by atoms with Crippen LogP contribution in [0.5, 0.6) is 0 Å². The minimum Gasteiger partial charge on any atom is -0.379 e. The van der Waals surface area contributed by atoms with Gasteiger partial charge in [-0.05, 0) is 48.9 Å². The number of nitrogens with one attached hydrogen (secondary N) is 1. The molecule has 1 aromatic heterocycles. The van der Waals surface area contributed by atoms with E-state index in [1.165, 1.54) is 11.3 Å². The molecule has 110 valence electrons. The van der Waals surface area contributed by atoms with Gasteiger partial charge in [0.1, 0.15) is 0 Å². The van der Waals surface area contributed by atoms with Crippen molar-refractivity contribution in [1.29, 1.82) is 0 Å². The molecule has 4 nitrogen and oxygen atoms in total. The van der Waals surface area contributed by atoms with E-state index in [4.69, 9.17) is 4.74 Å². The Labute approximate surface area is 125 Å². The largest absolute Gasteiger partial charge is 0.379 e. The van der Waals surface area contributed by atoms with Crippen molar-refractivity contribution in [3.63, 3.8) is 0 Å². The lowest BCUT2D eigenvalue weighted by Crippen LogP contribution is -2.36. The van der Waals surface area contributed by atoms with Gasteiger partial charge in [-0.2, -0.15) is 0 Å². The van der Waals surface area contributed by atoms with Crippen molar-refractivity contribution in [3.05, 3.63) is 54.4 Å². The highest BCUT2D eigenvalue weighted by Crippen LogP contribution is 2.22. The van der Waals surface area contributed by atoms with E-state index in [1.54, 1.807) is 0 Å². The molecule has 0 aliphatic carbocycles. The molecule has 1 fully saturated rings. The molecule has 2 heterocycles. The van der Waals surface area contributed by atoms with Crippen LogP contribution in [0, 0.1) is 0 Å². The molecule has 1 aliphatic rings. The average Bonchev–Trinajstić information content (AvgIpc) is 2.57. The highest BCUT2D eigenvalue weighted by Gasteiger charge is 2.11. The smallest absolute Gasteiger partial charge is 0.0642 e. The fourth-order valence-corrected chi connectivity index (χ4v) is 2.58. The number of benzene rings is 1. The van der Waals surface area contributed by atoms with Crippen LogP contribution >= 0.6 is 0 Å². The second-order valence-corrected chi connectivity index (χ2v) is 5.29. The van der Waals surface area contributed by atoms with Crippen LogP contribution in [0.3, 0.4) is 0 Å². The normalized spacial score (nSPS) is 16.5. The maximum atomic E-state index is 5.39. The van der Waals surface area contributed by atoms with Crippen LogP contribution < -0.4 is 10.2 Å². The minimum atomic E-state index is 0.266. The molecule has 2 aromatic rings. The van der Waals surface area contributed by atoms with Crippen LogP contribution in [0.15, 0.2) is 48.8 Å². The van der Waals surface area contributed by atoms with Crippen molar-refractivity contribution < 1.29 is 4.74 Å². The van der Waals surface area contributed by atoms with Gasteiger partial charge in [0.15, 0.2) is 0 Å². The van der Waals surface area contributed by atoms with Gasteiger partial charge in [0.05, 0.1) is 13.2 Å². The molecule has 21 heavy (non-hydrogen) atoms. The van der Waals surface area contributed by atoms with Crippen LogP contribution in [0.4, 0.5) is 11.4 Å². The van der Waals surface area contributed by atoms with Crippen molar-refractivity contribution in [2.75, 3.05) is 36.5 Å². The first kappa shape index (κ1) is 13.9. The molecule has 3 rings (SSSR count). The fraction of sp³-hybridized carbons (Fsp3) is 0.353. The van der Waals surface area contributed by atoms with E-state index in [9.17, 15) is 0 Å². The van der Waals surface area contributed by atoms with Gasteiger partial charge < -0.3 is 15.0 Å². The number of nitrogens with zero attached hydrogens (tertiary/aromatic N) is 2. The Morgan fingerprint density at radius 3 is 2.38 bits per heavy atom. The van der Waals surface area contributed by atoms with Crippen LogP contribution in [0.25, 0.3) is 0 Å². The Morgan fingerprint density at radius 2 is 1.71 bits per heavy atom. The number of ether oxygens (including phenoxy) is 1. The van der Waals surface area contributed by atoms with Crippen LogP contribution in [0.1, 0.15) is 18.5 Å². The zero-order valence-corrected chi connectivity index (χ0v) is 12.3. The van der Waals surface area contributed by atoms with Gasteiger partial charge in [-0.1, -0.05) is 0 Å². The molecular weight excluding hydrogens is 262 g/mol. The second kappa shape index (κ2) is 6.59. The summed E-state index contributed by atoms with van der Waals surface area (Å²) >= 11 is 0. The third-order valence-corrected chi connectivity index (χ3v) is 3.83. The topological polar surface area (TPSA) is 37.4 Å². The van der Waals surface area contributed by atoms with Gasteiger partial charge in [0, 0.05) is 42.9 Å². The van der Waals surface area contributed by atoms with Gasteiger partial charge >= 0.3 is 0 Å². The Hall–Kier alpha value is -2.07. The first-order valence-corrected chi connectivity index (χ1v) is 7.42. The maximum absolute atomic E-state index is 5.39. The molecular formula is C17H21N3O. The van der Waals surface area contributed by atoms with Crippen LogP contribution in [-0.2, 0) is 4.74 Å². The summed E-state index contributed by atoms with van der Waals surface area (Å²) in [5.41, 5.74) is 3.64. The van der Waals surface area contributed by atoms with Crippen molar-refractivity contribution in [2.45, 2.75) is 13.0 Å². The summed E-state index contributed by atoms with van der Waals surface area (Å²) in [7, 11) is 0. The highest BCUT2D eigenvalue weighted by molar-refractivity contribution is 5.56. The van der Waals surface area contributed by atoms with Gasteiger partial charge in [-0.3, -0.25) is 4.98 Å². The molecule has 0 saturated carbocycles. The van der Waals surface area contributed by atoms with Gasteiger partial charge in [0.2, 0.25) is 0 Å². The molecule has 1 unspecified atom stereocenters. The SMILES string of the molecule is CC(Nc1ccc(N2CCOCC2)cc1)c1ccncc1. The quantitative estimate of drug-likeness (QED) is 0.935. The third kappa shape index (κ3) is 3.52. The lowest BCUT2D eigenvalue weighted by molar-refractivity contribution is 0.122. The number of rotatable bonds is 4. The van der Waals surface area contributed by atoms with Crippen molar-refractivity contribution in [2.24, 2.45) is 0 Å². The van der Waals surface area contributed by atoms with E-state index in [2.05, 4.69) is 46.4 Å². The first-order valence-electron chi connectivity index (χ1n) is 7.42. The number of hydrogen-bond acceptors (Lipinski definition) is 4. The summed E-state index contributed by atoms with van der Waals surface area (Å²) in [5, 5.41) is 3.52. The van der Waals surface area contributed by atoms with E-state index in [0.717, 1.165) is 32.0 Å². The van der Waals surface area contributed by atoms with E-state index >= 15 is 0 Å². The predicted molar refractivity (Wildman–Crippen MR) is 85.7 cm³/mol. The van der Waals surface area contributed by atoms with Crippen molar-refractivity contribution >= 4 is 11.4 Å². The second-order valence-electron chi connectivity index (χ2n) is 5.29. The number of morpholine rings is 1. The molecule has 1 atom stereocenters. The van der Waals surface area contributed by atoms with Crippen molar-refractivity contribution in [3.8, 4) is 0 Å². The molecule has 4 heteroatoms. The number of aromatic nitrogens is 1. The van der Waals surface area contributed by atoms with Gasteiger partial charge in [-0.25, -0.2) is 0 Å². The molecule has 0 radical (unpaired) electrons. The van der Waals surface area contributed by atoms with Crippen molar-refractivity contribution in [1.82, 2.24) is 4.98 Å². The summed E-state index contributed by atoms with van der Waals surface area (Å²) < 4.78 is 5.39. The van der Waals surface area contributed by atoms with Crippen LogP contribution in [0.2, 0.25) is 0 Å². The molecule has 0 amide bonds. The molecule has 1 aliphatic heterocycles. The first-order chi connectivity index (χ1) is 10.3. The number of pyridine rings is 1. The summed E-state index contributed by atoms with van der Waals surface area (Å²) in [4.78, 5) is 6.42. The zero-order chi connectivity index (χ0) is 14.5. The molecule has 0 bridgehead atoms. The van der Waals surface area contributed by atoms with E-state index in [0.29, 0.717) is 0 Å². The summed E-state index contributed by atoms with van der Waals surface area (Å²) in [6.45, 7) is 5.74. The Kier molecular flexibility index (Phi) is 4.36. The fourth-order valence-electron chi connectivity index (χ4n) is 2.58. The monoisotopic (exact) mass is 283 g/mol. The van der Waals surface area contributed by atoms with Gasteiger partial charge in [-0.15, -0.1) is 0 Å². The lowest BCUT2D eigenvalue weighted by Gasteiger charge is -2.29. The molecule has 0 spiro atoms. The summed E-state index contributed by atoms with van der Waals surface area (Å²) in [6.07, 6.45) is 3.66.